The summed E-state index contributed by atoms with van der Waals surface area (Å²) >= 11 is 7.07. The number of nitrogens with zero attached hydrogens (tertiary/aromatic N) is 1. The number of anilines is 1. The quantitative estimate of drug-likeness (QED) is 0.637. The predicted molar refractivity (Wildman–Crippen MR) is 87.3 cm³/mol. The summed E-state index contributed by atoms with van der Waals surface area (Å²) in [5, 5.41) is 1.24. The second kappa shape index (κ2) is 5.02. The minimum Gasteiger partial charge on any atom is -0.399 e. The van der Waals surface area contributed by atoms with Gasteiger partial charge in [-0.25, -0.2) is 0 Å². The molecule has 0 aliphatic heterocycles. The van der Waals surface area contributed by atoms with Gasteiger partial charge in [0.05, 0.1) is 0 Å². The molecule has 0 amide bonds. The molecule has 0 saturated carbocycles. The third-order valence-corrected chi connectivity index (χ3v) is 4.38. The van der Waals surface area contributed by atoms with Gasteiger partial charge < -0.3 is 10.3 Å². The van der Waals surface area contributed by atoms with Gasteiger partial charge in [-0.05, 0) is 42.0 Å². The molecule has 0 unspecified atom stereocenters. The highest BCUT2D eigenvalue weighted by Gasteiger charge is 2.05. The Bertz CT molecular complexity index is 747. The monoisotopic (exact) mass is 378 g/mol. The maximum atomic E-state index is 5.77. The van der Waals surface area contributed by atoms with Crippen molar-refractivity contribution in [2.45, 2.75) is 6.54 Å². The molecule has 0 spiro atoms. The van der Waals surface area contributed by atoms with Gasteiger partial charge in [0.2, 0.25) is 0 Å². The predicted octanol–water partition coefficient (Wildman–Crippen LogP) is 4.80. The molecule has 2 N–H and O–H groups in total. The average Bonchev–Trinajstić information content (AvgIpc) is 2.75. The number of rotatable bonds is 2. The zero-order valence-corrected chi connectivity index (χ0v) is 13.3. The lowest BCUT2D eigenvalue weighted by atomic mass is 10.2. The Balaban J connectivity index is 2.01. The van der Waals surface area contributed by atoms with Crippen LogP contribution in [0, 0.1) is 0 Å². The van der Waals surface area contributed by atoms with E-state index in [0.29, 0.717) is 0 Å². The number of benzene rings is 2. The first-order valence-electron chi connectivity index (χ1n) is 5.92. The molecule has 3 rings (SSSR count). The summed E-state index contributed by atoms with van der Waals surface area (Å²) in [5.74, 6) is 0. The van der Waals surface area contributed by atoms with Crippen molar-refractivity contribution in [1.82, 2.24) is 4.57 Å². The van der Waals surface area contributed by atoms with Crippen molar-refractivity contribution in [1.29, 1.82) is 0 Å². The van der Waals surface area contributed by atoms with Crippen molar-refractivity contribution >= 4 is 48.5 Å². The summed E-state index contributed by atoms with van der Waals surface area (Å²) in [7, 11) is 0. The minimum absolute atomic E-state index is 0.775. The first kappa shape index (κ1) is 12.8. The van der Waals surface area contributed by atoms with E-state index in [1.165, 1.54) is 16.5 Å². The number of fused-ring (bicyclic) bond motifs is 1. The lowest BCUT2D eigenvalue weighted by Gasteiger charge is -2.08. The van der Waals surface area contributed by atoms with E-state index in [4.69, 9.17) is 5.73 Å². The molecule has 3 aromatic rings. The molecule has 0 saturated heterocycles. The van der Waals surface area contributed by atoms with Crippen molar-refractivity contribution in [3.63, 3.8) is 0 Å². The summed E-state index contributed by atoms with van der Waals surface area (Å²) in [6, 6.07) is 14.4. The van der Waals surface area contributed by atoms with Gasteiger partial charge in [0.25, 0.3) is 0 Å². The zero-order chi connectivity index (χ0) is 13.4. The van der Waals surface area contributed by atoms with Crippen molar-refractivity contribution in [3.05, 3.63) is 63.2 Å². The van der Waals surface area contributed by atoms with Crippen molar-refractivity contribution in [2.24, 2.45) is 0 Å². The molecule has 19 heavy (non-hydrogen) atoms. The molecule has 96 valence electrons. The van der Waals surface area contributed by atoms with Crippen LogP contribution in [0.15, 0.2) is 57.6 Å². The second-order valence-corrected chi connectivity index (χ2v) is 6.27. The average molecular weight is 380 g/mol. The normalized spacial score (nSPS) is 11.1. The van der Waals surface area contributed by atoms with E-state index in [-0.39, 0.29) is 0 Å². The van der Waals surface area contributed by atoms with Crippen LogP contribution in [0.4, 0.5) is 5.69 Å². The molecule has 0 aliphatic carbocycles. The number of aromatic nitrogens is 1. The maximum Gasteiger partial charge on any atom is 0.0487 e. The molecular weight excluding hydrogens is 368 g/mol. The van der Waals surface area contributed by atoms with E-state index in [2.05, 4.69) is 73.0 Å². The van der Waals surface area contributed by atoms with Crippen LogP contribution in [0.25, 0.3) is 10.9 Å². The van der Waals surface area contributed by atoms with Gasteiger partial charge >= 0.3 is 0 Å². The summed E-state index contributed by atoms with van der Waals surface area (Å²) < 4.78 is 4.38. The van der Waals surface area contributed by atoms with E-state index in [9.17, 15) is 0 Å². The smallest absolute Gasteiger partial charge is 0.0487 e. The Hall–Kier alpha value is -1.26. The summed E-state index contributed by atoms with van der Waals surface area (Å²) in [5.41, 5.74) is 8.99. The molecule has 0 fully saturated rings. The summed E-state index contributed by atoms with van der Waals surface area (Å²) in [4.78, 5) is 0. The fourth-order valence-corrected chi connectivity index (χ4v) is 3.08. The van der Waals surface area contributed by atoms with Crippen molar-refractivity contribution in [3.8, 4) is 0 Å². The molecule has 0 aliphatic rings. The van der Waals surface area contributed by atoms with Gasteiger partial charge in [0.1, 0.15) is 0 Å². The molecule has 0 atom stereocenters. The maximum absolute atomic E-state index is 5.77. The highest BCUT2D eigenvalue weighted by atomic mass is 79.9. The number of hydrogen-bond acceptors (Lipinski definition) is 1. The number of nitrogens with two attached hydrogens (primary N) is 1. The Kier molecular flexibility index (Phi) is 3.37. The van der Waals surface area contributed by atoms with Crippen LogP contribution >= 0.6 is 31.9 Å². The van der Waals surface area contributed by atoms with Crippen molar-refractivity contribution in [2.75, 3.05) is 5.73 Å². The molecule has 2 aromatic carbocycles. The fraction of sp³-hybridized carbons (Fsp3) is 0.0667. The Labute approximate surface area is 128 Å². The number of nitrogen functional groups attached to an aromatic ring is 1. The van der Waals surface area contributed by atoms with Gasteiger partial charge in [-0.2, -0.15) is 0 Å². The van der Waals surface area contributed by atoms with E-state index in [1.54, 1.807) is 0 Å². The Morgan fingerprint density at radius 3 is 2.63 bits per heavy atom. The molecule has 4 heteroatoms. The highest BCUT2D eigenvalue weighted by Crippen LogP contribution is 2.25. The zero-order valence-electron chi connectivity index (χ0n) is 10.1. The van der Waals surface area contributed by atoms with Crippen LogP contribution < -0.4 is 5.73 Å². The highest BCUT2D eigenvalue weighted by molar-refractivity contribution is 9.10. The van der Waals surface area contributed by atoms with Crippen LogP contribution in [0.5, 0.6) is 0 Å². The van der Waals surface area contributed by atoms with Crippen LogP contribution in [-0.4, -0.2) is 4.57 Å². The van der Waals surface area contributed by atoms with Gasteiger partial charge in [-0.3, -0.25) is 0 Å². The van der Waals surface area contributed by atoms with Crippen LogP contribution in [0.3, 0.4) is 0 Å². The SMILES string of the molecule is Nc1ccc(Cn2ccc3cc(Br)ccc32)c(Br)c1. The summed E-state index contributed by atoms with van der Waals surface area (Å²) in [6.07, 6.45) is 2.11. The standard InChI is InChI=1S/C15H12Br2N2/c16-12-2-4-15-10(7-12)5-6-19(15)9-11-1-3-13(18)8-14(11)17/h1-8H,9,18H2. The number of halogens is 2. The van der Waals surface area contributed by atoms with Crippen LogP contribution in [-0.2, 0) is 6.54 Å². The van der Waals surface area contributed by atoms with E-state index in [0.717, 1.165) is 21.2 Å². The second-order valence-electron chi connectivity index (χ2n) is 4.50. The first-order chi connectivity index (χ1) is 9.13. The van der Waals surface area contributed by atoms with Gasteiger partial charge in [-0.1, -0.05) is 37.9 Å². The molecule has 1 aromatic heterocycles. The minimum atomic E-state index is 0.775. The van der Waals surface area contributed by atoms with Crippen LogP contribution in [0.2, 0.25) is 0 Å². The Morgan fingerprint density at radius 2 is 1.84 bits per heavy atom. The first-order valence-corrected chi connectivity index (χ1v) is 7.50. The van der Waals surface area contributed by atoms with Gasteiger partial charge in [0.15, 0.2) is 0 Å². The lowest BCUT2D eigenvalue weighted by Crippen LogP contribution is -1.99. The topological polar surface area (TPSA) is 30.9 Å². The van der Waals surface area contributed by atoms with Gasteiger partial charge in [0, 0.05) is 38.3 Å². The third kappa shape index (κ3) is 2.55. The molecule has 2 nitrogen and oxygen atoms in total. The summed E-state index contributed by atoms with van der Waals surface area (Å²) in [6.45, 7) is 0.825. The molecule has 1 heterocycles. The van der Waals surface area contributed by atoms with Gasteiger partial charge in [-0.15, -0.1) is 0 Å². The largest absolute Gasteiger partial charge is 0.399 e. The lowest BCUT2D eigenvalue weighted by molar-refractivity contribution is 0.833. The molecular formula is C15H12Br2N2. The molecule has 0 bridgehead atoms. The third-order valence-electron chi connectivity index (χ3n) is 3.15. The molecule has 0 radical (unpaired) electrons. The Morgan fingerprint density at radius 1 is 1.00 bits per heavy atom. The van der Waals surface area contributed by atoms with E-state index in [1.807, 2.05) is 12.1 Å². The van der Waals surface area contributed by atoms with E-state index >= 15 is 0 Å². The van der Waals surface area contributed by atoms with Crippen molar-refractivity contribution < 1.29 is 0 Å². The number of hydrogen-bond donors (Lipinski definition) is 1. The van der Waals surface area contributed by atoms with E-state index < -0.39 is 0 Å². The van der Waals surface area contributed by atoms with Crippen LogP contribution in [0.1, 0.15) is 5.56 Å². The fourth-order valence-electron chi connectivity index (χ4n) is 2.18.